The SMILES string of the molecule is CC(=O)OCCC1CC(=O)N1CC(O)C(=O)OCc1ccccc1. The van der Waals surface area contributed by atoms with Crippen molar-refractivity contribution >= 4 is 17.8 Å². The van der Waals surface area contributed by atoms with Crippen LogP contribution in [-0.2, 0) is 30.5 Å². The van der Waals surface area contributed by atoms with Gasteiger partial charge in [0.2, 0.25) is 5.91 Å². The number of esters is 2. The van der Waals surface area contributed by atoms with Crippen LogP contribution in [0.4, 0.5) is 0 Å². The molecule has 1 heterocycles. The predicted molar refractivity (Wildman–Crippen MR) is 83.6 cm³/mol. The van der Waals surface area contributed by atoms with Gasteiger partial charge >= 0.3 is 11.9 Å². The quantitative estimate of drug-likeness (QED) is 0.554. The first-order valence-electron chi connectivity index (χ1n) is 7.79. The highest BCUT2D eigenvalue weighted by molar-refractivity contribution is 5.84. The molecule has 1 aliphatic heterocycles. The van der Waals surface area contributed by atoms with Gasteiger partial charge in [-0.3, -0.25) is 9.59 Å². The van der Waals surface area contributed by atoms with E-state index in [-0.39, 0.29) is 37.7 Å². The van der Waals surface area contributed by atoms with Gasteiger partial charge in [-0.05, 0) is 5.56 Å². The van der Waals surface area contributed by atoms with Gasteiger partial charge < -0.3 is 19.5 Å². The van der Waals surface area contributed by atoms with Gasteiger partial charge in [-0.25, -0.2) is 4.79 Å². The van der Waals surface area contributed by atoms with E-state index in [9.17, 15) is 19.5 Å². The number of likely N-dealkylation sites (tertiary alicyclic amines) is 1. The number of nitrogens with zero attached hydrogens (tertiary/aromatic N) is 1. The van der Waals surface area contributed by atoms with Crippen LogP contribution in [0.2, 0.25) is 0 Å². The summed E-state index contributed by atoms with van der Waals surface area (Å²) in [6, 6.07) is 8.99. The molecule has 1 N–H and O–H groups in total. The number of hydrogen-bond acceptors (Lipinski definition) is 6. The number of aliphatic hydroxyl groups is 1. The summed E-state index contributed by atoms with van der Waals surface area (Å²) in [7, 11) is 0. The highest BCUT2D eigenvalue weighted by Crippen LogP contribution is 2.22. The van der Waals surface area contributed by atoms with E-state index in [0.717, 1.165) is 5.56 Å². The van der Waals surface area contributed by atoms with E-state index in [4.69, 9.17) is 9.47 Å². The van der Waals surface area contributed by atoms with Crippen molar-refractivity contribution in [3.63, 3.8) is 0 Å². The Balaban J connectivity index is 1.75. The number of rotatable bonds is 8. The number of carbonyl (C=O) groups is 3. The molecule has 2 rings (SSSR count). The van der Waals surface area contributed by atoms with Crippen molar-refractivity contribution in [2.75, 3.05) is 13.2 Å². The van der Waals surface area contributed by atoms with Crippen molar-refractivity contribution in [2.45, 2.75) is 38.5 Å². The number of β-lactam (4-membered cyclic amide) rings is 1. The maximum Gasteiger partial charge on any atom is 0.337 e. The molecule has 0 bridgehead atoms. The van der Waals surface area contributed by atoms with Crippen LogP contribution < -0.4 is 0 Å². The summed E-state index contributed by atoms with van der Waals surface area (Å²) in [6.45, 7) is 1.48. The maximum absolute atomic E-state index is 11.8. The van der Waals surface area contributed by atoms with E-state index in [0.29, 0.717) is 12.8 Å². The Morgan fingerprint density at radius 1 is 1.29 bits per heavy atom. The van der Waals surface area contributed by atoms with E-state index in [1.165, 1.54) is 11.8 Å². The summed E-state index contributed by atoms with van der Waals surface area (Å²) in [5.41, 5.74) is 0.817. The first-order valence-corrected chi connectivity index (χ1v) is 7.79. The molecule has 1 aromatic carbocycles. The molecule has 1 fully saturated rings. The second-order valence-corrected chi connectivity index (χ2v) is 5.64. The lowest BCUT2D eigenvalue weighted by Crippen LogP contribution is -2.56. The van der Waals surface area contributed by atoms with Crippen LogP contribution in [0, 0.1) is 0 Å². The second kappa shape index (κ2) is 8.44. The number of benzene rings is 1. The smallest absolute Gasteiger partial charge is 0.337 e. The number of aliphatic hydroxyl groups excluding tert-OH is 1. The third-order valence-electron chi connectivity index (χ3n) is 3.79. The van der Waals surface area contributed by atoms with E-state index < -0.39 is 12.1 Å². The highest BCUT2D eigenvalue weighted by atomic mass is 16.5. The van der Waals surface area contributed by atoms with Crippen LogP contribution in [-0.4, -0.2) is 53.1 Å². The molecular weight excluding hydrogens is 314 g/mol. The lowest BCUT2D eigenvalue weighted by molar-refractivity contribution is -0.161. The highest BCUT2D eigenvalue weighted by Gasteiger charge is 2.38. The molecule has 0 saturated carbocycles. The third kappa shape index (κ3) is 5.06. The fourth-order valence-electron chi connectivity index (χ4n) is 2.45. The van der Waals surface area contributed by atoms with E-state index in [2.05, 4.69) is 0 Å². The van der Waals surface area contributed by atoms with Gasteiger partial charge in [0.25, 0.3) is 0 Å². The Morgan fingerprint density at radius 3 is 2.62 bits per heavy atom. The Hall–Kier alpha value is -2.41. The van der Waals surface area contributed by atoms with Crippen molar-refractivity contribution in [3.05, 3.63) is 35.9 Å². The molecule has 7 heteroatoms. The molecular formula is C17H21NO6. The molecule has 2 atom stereocenters. The lowest BCUT2D eigenvalue weighted by atomic mass is 9.98. The molecule has 0 radical (unpaired) electrons. The summed E-state index contributed by atoms with van der Waals surface area (Å²) in [4.78, 5) is 35.6. The maximum atomic E-state index is 11.8. The fraction of sp³-hybridized carbons (Fsp3) is 0.471. The van der Waals surface area contributed by atoms with Crippen LogP contribution >= 0.6 is 0 Å². The van der Waals surface area contributed by atoms with E-state index in [1.807, 2.05) is 30.3 Å². The molecule has 0 aliphatic carbocycles. The summed E-state index contributed by atoms with van der Waals surface area (Å²) < 4.78 is 9.89. The first kappa shape index (κ1) is 17.9. The number of hydrogen-bond donors (Lipinski definition) is 1. The molecule has 1 amide bonds. The minimum atomic E-state index is -1.39. The molecule has 1 aliphatic rings. The van der Waals surface area contributed by atoms with Crippen molar-refractivity contribution < 1.29 is 29.0 Å². The van der Waals surface area contributed by atoms with Crippen LogP contribution in [0.3, 0.4) is 0 Å². The summed E-state index contributed by atoms with van der Waals surface area (Å²) in [6.07, 6.45) is -0.585. The minimum absolute atomic E-state index is 0.0700. The zero-order valence-electron chi connectivity index (χ0n) is 13.5. The molecule has 130 valence electrons. The number of carbonyl (C=O) groups excluding carboxylic acids is 3. The summed E-state index contributed by atoms with van der Waals surface area (Å²) in [5, 5.41) is 9.93. The van der Waals surface area contributed by atoms with Gasteiger partial charge in [-0.1, -0.05) is 30.3 Å². The fourth-order valence-corrected chi connectivity index (χ4v) is 2.45. The monoisotopic (exact) mass is 335 g/mol. The number of β-amino-alcohol motifs (C(OH)–C–C–N with tert-alkyl or cyclic N) is 1. The van der Waals surface area contributed by atoms with Crippen LogP contribution in [0.25, 0.3) is 0 Å². The summed E-state index contributed by atoms with van der Waals surface area (Å²) >= 11 is 0. The average Bonchev–Trinajstić information content (AvgIpc) is 2.57. The average molecular weight is 335 g/mol. The van der Waals surface area contributed by atoms with Gasteiger partial charge in [0, 0.05) is 25.8 Å². The number of ether oxygens (including phenoxy) is 2. The minimum Gasteiger partial charge on any atom is -0.466 e. The summed E-state index contributed by atoms with van der Waals surface area (Å²) in [5.74, 6) is -1.29. The predicted octanol–water partition coefficient (Wildman–Crippen LogP) is 0.645. The van der Waals surface area contributed by atoms with Gasteiger partial charge in [-0.2, -0.15) is 0 Å². The first-order chi connectivity index (χ1) is 11.5. The molecule has 24 heavy (non-hydrogen) atoms. The largest absolute Gasteiger partial charge is 0.466 e. The van der Waals surface area contributed by atoms with Crippen LogP contribution in [0.15, 0.2) is 30.3 Å². The third-order valence-corrected chi connectivity index (χ3v) is 3.79. The number of amides is 1. The van der Waals surface area contributed by atoms with Crippen molar-refractivity contribution in [2.24, 2.45) is 0 Å². The van der Waals surface area contributed by atoms with Gasteiger partial charge in [0.05, 0.1) is 13.2 Å². The van der Waals surface area contributed by atoms with Crippen molar-refractivity contribution in [3.8, 4) is 0 Å². The zero-order valence-corrected chi connectivity index (χ0v) is 13.5. The Labute approximate surface area is 140 Å². The van der Waals surface area contributed by atoms with E-state index in [1.54, 1.807) is 0 Å². The van der Waals surface area contributed by atoms with Gasteiger partial charge in [0.1, 0.15) is 6.61 Å². The molecule has 7 nitrogen and oxygen atoms in total. The molecule has 0 aromatic heterocycles. The van der Waals surface area contributed by atoms with Gasteiger partial charge in [-0.15, -0.1) is 0 Å². The van der Waals surface area contributed by atoms with Crippen LogP contribution in [0.5, 0.6) is 0 Å². The lowest BCUT2D eigenvalue weighted by Gasteiger charge is -2.41. The zero-order chi connectivity index (χ0) is 17.5. The van der Waals surface area contributed by atoms with Gasteiger partial charge in [0.15, 0.2) is 6.10 Å². The normalized spacial score (nSPS) is 17.8. The molecule has 1 aromatic rings. The Morgan fingerprint density at radius 2 is 2.00 bits per heavy atom. The van der Waals surface area contributed by atoms with Crippen molar-refractivity contribution in [1.82, 2.24) is 4.90 Å². The molecule has 0 spiro atoms. The Bertz CT molecular complexity index is 588. The second-order valence-electron chi connectivity index (χ2n) is 5.64. The van der Waals surface area contributed by atoms with Crippen LogP contribution in [0.1, 0.15) is 25.3 Å². The Kier molecular flexibility index (Phi) is 6.31. The standard InChI is InChI=1S/C17H21NO6/c1-12(19)23-8-7-14-9-16(21)18(14)10-15(20)17(22)24-11-13-5-3-2-4-6-13/h2-6,14-15,20H,7-11H2,1H3. The van der Waals surface area contributed by atoms with E-state index >= 15 is 0 Å². The topological polar surface area (TPSA) is 93.1 Å². The van der Waals surface area contributed by atoms with Crippen molar-refractivity contribution in [1.29, 1.82) is 0 Å². The molecule has 1 saturated heterocycles. The molecule has 2 unspecified atom stereocenters.